The van der Waals surface area contributed by atoms with Crippen molar-refractivity contribution in [3.63, 3.8) is 0 Å². The van der Waals surface area contributed by atoms with E-state index < -0.39 is 15.9 Å². The third-order valence-corrected chi connectivity index (χ3v) is 5.30. The van der Waals surface area contributed by atoms with E-state index in [9.17, 15) is 13.2 Å². The average molecular weight is 374 g/mol. The lowest BCUT2D eigenvalue weighted by Crippen LogP contribution is -2.27. The number of rotatable bonds is 6. The number of carbonyl (C=O) groups is 1. The van der Waals surface area contributed by atoms with Gasteiger partial charge in [-0.2, -0.15) is 4.68 Å². The molecule has 1 heterocycles. The number of fused-ring (bicyclic) bond motifs is 1. The fraction of sp³-hybridized carbons (Fsp3) is 0.176. The minimum absolute atomic E-state index is 0.0648. The maximum Gasteiger partial charge on any atom is 0.278 e. The summed E-state index contributed by atoms with van der Waals surface area (Å²) in [6.07, 6.45) is 0. The molecule has 0 bridgehead atoms. The van der Waals surface area contributed by atoms with Gasteiger partial charge in [0, 0.05) is 24.6 Å². The number of hydrogen-bond acceptors (Lipinski definition) is 6. The molecule has 2 aromatic carbocycles. The van der Waals surface area contributed by atoms with Crippen LogP contribution in [-0.4, -0.2) is 44.4 Å². The highest BCUT2D eigenvalue weighted by Gasteiger charge is 2.18. The highest BCUT2D eigenvalue weighted by molar-refractivity contribution is 7.89. The van der Waals surface area contributed by atoms with Crippen molar-refractivity contribution in [2.45, 2.75) is 4.90 Å². The molecule has 136 valence electrons. The van der Waals surface area contributed by atoms with E-state index in [1.165, 1.54) is 36.1 Å². The van der Waals surface area contributed by atoms with Crippen molar-refractivity contribution in [3.05, 3.63) is 54.1 Å². The van der Waals surface area contributed by atoms with E-state index in [2.05, 4.69) is 9.82 Å². The summed E-state index contributed by atoms with van der Waals surface area (Å²) in [7, 11) is -2.17. The molecule has 0 saturated carbocycles. The van der Waals surface area contributed by atoms with Gasteiger partial charge in [0.2, 0.25) is 10.0 Å². The highest BCUT2D eigenvalue weighted by Crippen LogP contribution is 2.21. The van der Waals surface area contributed by atoms with Gasteiger partial charge >= 0.3 is 0 Å². The first-order chi connectivity index (χ1) is 12.4. The Balaban J connectivity index is 1.87. The van der Waals surface area contributed by atoms with E-state index in [1.54, 1.807) is 18.2 Å². The molecule has 0 aliphatic carbocycles. The number of benzene rings is 2. The normalized spacial score (nSPS) is 11.7. The fourth-order valence-corrected chi connectivity index (χ4v) is 3.52. The van der Waals surface area contributed by atoms with E-state index in [-0.39, 0.29) is 23.9 Å². The van der Waals surface area contributed by atoms with Gasteiger partial charge in [-0.05, 0) is 36.4 Å². The van der Waals surface area contributed by atoms with Crippen molar-refractivity contribution in [3.8, 4) is 0 Å². The van der Waals surface area contributed by atoms with Gasteiger partial charge < -0.3 is 10.5 Å². The van der Waals surface area contributed by atoms with Crippen molar-refractivity contribution in [2.75, 3.05) is 26.0 Å². The van der Waals surface area contributed by atoms with Crippen LogP contribution < -0.4 is 10.5 Å². The number of methoxy groups -OCH3 is 1. The molecule has 0 spiro atoms. The predicted octanol–water partition coefficient (Wildman–Crippen LogP) is 1.23. The van der Waals surface area contributed by atoms with Gasteiger partial charge in [0.1, 0.15) is 0 Å². The van der Waals surface area contributed by atoms with Crippen LogP contribution in [0.15, 0.2) is 53.4 Å². The summed E-state index contributed by atoms with van der Waals surface area (Å²) in [5, 5.41) is 4.77. The second kappa shape index (κ2) is 7.24. The zero-order valence-electron chi connectivity index (χ0n) is 14.0. The third kappa shape index (κ3) is 3.45. The highest BCUT2D eigenvalue weighted by atomic mass is 32.2. The molecule has 0 saturated heterocycles. The number of nitrogens with one attached hydrogen (secondary N) is 1. The van der Waals surface area contributed by atoms with Gasteiger partial charge in [-0.1, -0.05) is 12.1 Å². The summed E-state index contributed by atoms with van der Waals surface area (Å²) in [4.78, 5) is 12.8. The Bertz CT molecular complexity index is 1040. The number of anilines is 1. The van der Waals surface area contributed by atoms with Crippen LogP contribution in [0, 0.1) is 0 Å². The lowest BCUT2D eigenvalue weighted by atomic mass is 10.2. The lowest BCUT2D eigenvalue weighted by molar-refractivity contribution is 0.0950. The monoisotopic (exact) mass is 374 g/mol. The van der Waals surface area contributed by atoms with Gasteiger partial charge in [0.25, 0.3) is 5.91 Å². The topological polar surface area (TPSA) is 116 Å². The molecular formula is C17H18N4O4S. The maximum atomic E-state index is 12.7. The number of hydrogen-bond donors (Lipinski definition) is 2. The molecule has 3 N–H and O–H groups in total. The van der Waals surface area contributed by atoms with Crippen LogP contribution in [0.1, 0.15) is 10.4 Å². The number of carbonyl (C=O) groups excluding carboxylic acids is 1. The first kappa shape index (κ1) is 18.1. The summed E-state index contributed by atoms with van der Waals surface area (Å²) in [6.45, 7) is 0.432. The van der Waals surface area contributed by atoms with E-state index >= 15 is 0 Å². The van der Waals surface area contributed by atoms with Gasteiger partial charge in [0.15, 0.2) is 5.82 Å². The van der Waals surface area contributed by atoms with Crippen LogP contribution in [-0.2, 0) is 14.8 Å². The van der Waals surface area contributed by atoms with Crippen molar-refractivity contribution in [2.24, 2.45) is 0 Å². The summed E-state index contributed by atoms with van der Waals surface area (Å²) < 4.78 is 32.7. The molecule has 0 fully saturated rings. The molecule has 0 aliphatic heterocycles. The Morgan fingerprint density at radius 2 is 1.88 bits per heavy atom. The van der Waals surface area contributed by atoms with Crippen LogP contribution in [0.3, 0.4) is 0 Å². The number of nitrogens with two attached hydrogens (primary N) is 1. The Kier molecular flexibility index (Phi) is 5.03. The Morgan fingerprint density at radius 1 is 1.19 bits per heavy atom. The Hall–Kier alpha value is -2.75. The van der Waals surface area contributed by atoms with E-state index in [4.69, 9.17) is 10.5 Å². The van der Waals surface area contributed by atoms with Crippen LogP contribution in [0.5, 0.6) is 0 Å². The van der Waals surface area contributed by atoms with Crippen molar-refractivity contribution >= 4 is 32.7 Å². The number of nitrogens with zero attached hydrogens (tertiary/aromatic N) is 2. The second-order valence-corrected chi connectivity index (χ2v) is 7.30. The van der Waals surface area contributed by atoms with Gasteiger partial charge in [-0.3, -0.25) is 4.79 Å². The van der Waals surface area contributed by atoms with Crippen molar-refractivity contribution in [1.82, 2.24) is 14.5 Å². The minimum Gasteiger partial charge on any atom is -0.383 e. The fourth-order valence-electron chi connectivity index (χ4n) is 2.51. The van der Waals surface area contributed by atoms with Crippen LogP contribution in [0.2, 0.25) is 0 Å². The molecule has 26 heavy (non-hydrogen) atoms. The van der Waals surface area contributed by atoms with Crippen molar-refractivity contribution < 1.29 is 17.9 Å². The Labute approximate surface area is 150 Å². The summed E-state index contributed by atoms with van der Waals surface area (Å²) in [5.41, 5.74) is 6.74. The van der Waals surface area contributed by atoms with Gasteiger partial charge in [-0.25, -0.2) is 13.1 Å². The zero-order valence-corrected chi connectivity index (χ0v) is 14.9. The summed E-state index contributed by atoms with van der Waals surface area (Å²) in [6, 6.07) is 12.8. The van der Waals surface area contributed by atoms with E-state index in [0.29, 0.717) is 16.5 Å². The number of para-hydroxylation sites is 1. The predicted molar refractivity (Wildman–Crippen MR) is 97.4 cm³/mol. The lowest BCUT2D eigenvalue weighted by Gasteiger charge is -2.07. The standard InChI is InChI=1S/C17H18N4O4S/c1-25-11-10-19-26(23,24)13-8-6-12(7-9-13)17(22)21-15-5-3-2-4-14(15)16(18)20-21/h2-9,19H,10-11H2,1H3,(H2,18,20). The molecule has 3 aromatic rings. The molecule has 8 nitrogen and oxygen atoms in total. The molecule has 0 radical (unpaired) electrons. The quantitative estimate of drug-likeness (QED) is 0.627. The molecule has 0 unspecified atom stereocenters. The molecular weight excluding hydrogens is 356 g/mol. The molecule has 9 heteroatoms. The minimum atomic E-state index is -3.65. The van der Waals surface area contributed by atoms with Gasteiger partial charge in [0.05, 0.1) is 17.0 Å². The smallest absolute Gasteiger partial charge is 0.278 e. The molecule has 3 rings (SSSR count). The second-order valence-electron chi connectivity index (χ2n) is 5.53. The molecule has 0 aliphatic rings. The number of aromatic nitrogens is 2. The van der Waals surface area contributed by atoms with Crippen LogP contribution in [0.4, 0.5) is 5.82 Å². The number of nitrogen functional groups attached to an aromatic ring is 1. The Morgan fingerprint density at radius 3 is 2.58 bits per heavy atom. The number of sulfonamides is 1. The molecule has 0 amide bonds. The van der Waals surface area contributed by atoms with Crippen molar-refractivity contribution in [1.29, 1.82) is 0 Å². The largest absolute Gasteiger partial charge is 0.383 e. The number of ether oxygens (including phenoxy) is 1. The van der Waals surface area contributed by atoms with Crippen LogP contribution in [0.25, 0.3) is 10.9 Å². The maximum absolute atomic E-state index is 12.7. The average Bonchev–Trinajstić information content (AvgIpc) is 2.98. The van der Waals surface area contributed by atoms with E-state index in [0.717, 1.165) is 0 Å². The third-order valence-electron chi connectivity index (χ3n) is 3.82. The molecule has 0 atom stereocenters. The summed E-state index contributed by atoms with van der Waals surface area (Å²) >= 11 is 0. The SMILES string of the molecule is COCCNS(=O)(=O)c1ccc(C(=O)n2nc(N)c3ccccc32)cc1. The first-order valence-electron chi connectivity index (χ1n) is 7.80. The molecule has 1 aromatic heterocycles. The van der Waals surface area contributed by atoms with Crippen LogP contribution >= 0.6 is 0 Å². The zero-order chi connectivity index (χ0) is 18.7. The summed E-state index contributed by atoms with van der Waals surface area (Å²) in [5.74, 6) is -0.135. The first-order valence-corrected chi connectivity index (χ1v) is 9.29. The van der Waals surface area contributed by atoms with E-state index in [1.807, 2.05) is 6.07 Å². The van der Waals surface area contributed by atoms with Gasteiger partial charge in [-0.15, -0.1) is 5.10 Å².